The Morgan fingerprint density at radius 3 is 2.63 bits per heavy atom. The van der Waals surface area contributed by atoms with Crippen LogP contribution in [0.3, 0.4) is 0 Å². The van der Waals surface area contributed by atoms with E-state index in [4.69, 9.17) is 5.11 Å². The van der Waals surface area contributed by atoms with Crippen molar-refractivity contribution in [3.63, 3.8) is 0 Å². The summed E-state index contributed by atoms with van der Waals surface area (Å²) in [6.45, 7) is 5.72. The van der Waals surface area contributed by atoms with Gasteiger partial charge in [-0.2, -0.15) is 5.10 Å². The molecule has 4 nitrogen and oxygen atoms in total. The molecule has 0 fully saturated rings. The minimum Gasteiger partial charge on any atom is -0.480 e. The van der Waals surface area contributed by atoms with Gasteiger partial charge in [0.05, 0.1) is 5.69 Å². The van der Waals surface area contributed by atoms with Crippen molar-refractivity contribution in [1.82, 2.24) is 9.78 Å². The Labute approximate surface area is 120 Å². The number of carbonyl (C=O) groups is 1. The second kappa shape index (κ2) is 5.17. The topological polar surface area (TPSA) is 55.1 Å². The summed E-state index contributed by atoms with van der Waals surface area (Å²) in [4.78, 5) is 10.8. The molecule has 0 bridgehead atoms. The molecule has 2 rings (SSSR count). The van der Waals surface area contributed by atoms with Crippen LogP contribution in [0.15, 0.2) is 22.7 Å². The van der Waals surface area contributed by atoms with Gasteiger partial charge in [-0.1, -0.05) is 28.1 Å². The Hall–Kier alpha value is -1.62. The number of nitrogens with zero attached hydrogens (tertiary/aromatic N) is 2. The van der Waals surface area contributed by atoms with Crippen LogP contribution in [-0.4, -0.2) is 20.9 Å². The normalized spacial score (nSPS) is 10.7. The lowest BCUT2D eigenvalue weighted by atomic mass is 10.0. The molecule has 0 saturated heterocycles. The fourth-order valence-electron chi connectivity index (χ4n) is 2.20. The molecule has 0 aliphatic carbocycles. The lowest BCUT2D eigenvalue weighted by Gasteiger charge is -2.06. The van der Waals surface area contributed by atoms with Crippen molar-refractivity contribution >= 4 is 21.9 Å². The Morgan fingerprint density at radius 1 is 1.37 bits per heavy atom. The lowest BCUT2D eigenvalue weighted by Crippen LogP contribution is -2.11. The zero-order valence-electron chi connectivity index (χ0n) is 11.1. The van der Waals surface area contributed by atoms with Crippen LogP contribution in [0, 0.1) is 20.8 Å². The molecule has 5 heteroatoms. The molecule has 0 radical (unpaired) electrons. The highest BCUT2D eigenvalue weighted by atomic mass is 79.9. The molecule has 0 atom stereocenters. The number of carboxylic acid groups (broad SMARTS) is 1. The summed E-state index contributed by atoms with van der Waals surface area (Å²) >= 11 is 3.48. The molecular formula is C14H15BrN2O2. The van der Waals surface area contributed by atoms with Crippen molar-refractivity contribution in [3.05, 3.63) is 39.6 Å². The van der Waals surface area contributed by atoms with Crippen LogP contribution in [0.4, 0.5) is 0 Å². The molecule has 0 spiro atoms. The predicted octanol–water partition coefficient (Wildman–Crippen LogP) is 3.32. The first kappa shape index (κ1) is 13.8. The molecule has 0 saturated carbocycles. The van der Waals surface area contributed by atoms with Crippen LogP contribution in [0.2, 0.25) is 0 Å². The smallest absolute Gasteiger partial charge is 0.325 e. The van der Waals surface area contributed by atoms with Gasteiger partial charge in [0.15, 0.2) is 0 Å². The predicted molar refractivity (Wildman–Crippen MR) is 77.2 cm³/mol. The summed E-state index contributed by atoms with van der Waals surface area (Å²) in [5.74, 6) is -0.885. The minimum atomic E-state index is -0.885. The quantitative estimate of drug-likeness (QED) is 0.943. The number of carboxylic acids is 1. The van der Waals surface area contributed by atoms with Gasteiger partial charge in [0.2, 0.25) is 0 Å². The average Bonchev–Trinajstić information content (AvgIpc) is 2.58. The molecule has 1 N–H and O–H groups in total. The Kier molecular flexibility index (Phi) is 3.75. The lowest BCUT2D eigenvalue weighted by molar-refractivity contribution is -0.137. The Bertz CT molecular complexity index is 647. The molecule has 0 unspecified atom stereocenters. The van der Waals surface area contributed by atoms with E-state index in [9.17, 15) is 4.79 Å². The number of halogens is 1. The molecule has 0 amide bonds. The van der Waals surface area contributed by atoms with Crippen LogP contribution in [0.5, 0.6) is 0 Å². The molecule has 100 valence electrons. The molecule has 1 heterocycles. The second-order valence-electron chi connectivity index (χ2n) is 4.56. The summed E-state index contributed by atoms with van der Waals surface area (Å²) < 4.78 is 2.59. The number of aliphatic carboxylic acids is 1. The van der Waals surface area contributed by atoms with Gasteiger partial charge in [0, 0.05) is 15.7 Å². The van der Waals surface area contributed by atoms with Crippen LogP contribution >= 0.6 is 15.9 Å². The summed E-state index contributed by atoms with van der Waals surface area (Å²) in [6, 6.07) is 6.09. The highest BCUT2D eigenvalue weighted by molar-refractivity contribution is 9.10. The number of hydrogen-bond acceptors (Lipinski definition) is 2. The van der Waals surface area contributed by atoms with Crippen molar-refractivity contribution in [2.75, 3.05) is 0 Å². The van der Waals surface area contributed by atoms with Crippen molar-refractivity contribution in [2.45, 2.75) is 27.3 Å². The van der Waals surface area contributed by atoms with E-state index in [2.05, 4.69) is 27.1 Å². The summed E-state index contributed by atoms with van der Waals surface area (Å²) in [6.07, 6.45) is 0. The fraction of sp³-hybridized carbons (Fsp3) is 0.286. The van der Waals surface area contributed by atoms with Crippen LogP contribution in [0.25, 0.3) is 11.1 Å². The largest absolute Gasteiger partial charge is 0.480 e. The molecule has 0 aliphatic heterocycles. The zero-order valence-corrected chi connectivity index (χ0v) is 12.7. The zero-order chi connectivity index (χ0) is 14.2. The van der Waals surface area contributed by atoms with E-state index in [1.54, 1.807) is 0 Å². The van der Waals surface area contributed by atoms with Gasteiger partial charge < -0.3 is 5.11 Å². The summed E-state index contributed by atoms with van der Waals surface area (Å²) in [5.41, 5.74) is 4.94. The SMILES string of the molecule is Cc1cc(-c2c(C)nn(CC(=O)O)c2C)ccc1Br. The third kappa shape index (κ3) is 2.71. The maximum absolute atomic E-state index is 10.8. The monoisotopic (exact) mass is 322 g/mol. The Morgan fingerprint density at radius 2 is 2.05 bits per heavy atom. The minimum absolute atomic E-state index is 0.109. The van der Waals surface area contributed by atoms with Gasteiger partial charge in [-0.3, -0.25) is 9.48 Å². The van der Waals surface area contributed by atoms with Crippen LogP contribution in [-0.2, 0) is 11.3 Å². The van der Waals surface area contributed by atoms with Crippen molar-refractivity contribution < 1.29 is 9.90 Å². The third-order valence-electron chi connectivity index (χ3n) is 3.11. The summed E-state index contributed by atoms with van der Waals surface area (Å²) in [7, 11) is 0. The van der Waals surface area contributed by atoms with E-state index in [0.29, 0.717) is 0 Å². The molecule has 1 aromatic carbocycles. The van der Waals surface area contributed by atoms with E-state index in [-0.39, 0.29) is 6.54 Å². The van der Waals surface area contributed by atoms with Crippen molar-refractivity contribution in [3.8, 4) is 11.1 Å². The van der Waals surface area contributed by atoms with Crippen LogP contribution in [0.1, 0.15) is 17.0 Å². The van der Waals surface area contributed by atoms with Gasteiger partial charge in [-0.25, -0.2) is 0 Å². The van der Waals surface area contributed by atoms with E-state index in [1.807, 2.05) is 32.9 Å². The number of benzene rings is 1. The maximum atomic E-state index is 10.8. The van der Waals surface area contributed by atoms with Gasteiger partial charge >= 0.3 is 5.97 Å². The van der Waals surface area contributed by atoms with Crippen molar-refractivity contribution in [1.29, 1.82) is 0 Å². The first-order valence-corrected chi connectivity index (χ1v) is 6.71. The van der Waals surface area contributed by atoms with Gasteiger partial charge in [-0.15, -0.1) is 0 Å². The average molecular weight is 323 g/mol. The summed E-state index contributed by atoms with van der Waals surface area (Å²) in [5, 5.41) is 13.2. The highest BCUT2D eigenvalue weighted by Gasteiger charge is 2.15. The standard InChI is InChI=1S/C14H15BrN2O2/c1-8-6-11(4-5-12(8)15)14-9(2)16-17(10(14)3)7-13(18)19/h4-6H,7H2,1-3H3,(H,18,19). The van der Waals surface area contributed by atoms with Crippen LogP contribution < -0.4 is 0 Å². The van der Waals surface area contributed by atoms with E-state index in [0.717, 1.165) is 32.6 Å². The maximum Gasteiger partial charge on any atom is 0.325 e. The van der Waals surface area contributed by atoms with Crippen molar-refractivity contribution in [2.24, 2.45) is 0 Å². The second-order valence-corrected chi connectivity index (χ2v) is 5.42. The van der Waals surface area contributed by atoms with Gasteiger partial charge in [-0.05, 0) is 38.0 Å². The number of aryl methyl sites for hydroxylation is 2. The van der Waals surface area contributed by atoms with Gasteiger partial charge in [0.25, 0.3) is 0 Å². The number of aromatic nitrogens is 2. The van der Waals surface area contributed by atoms with E-state index in [1.165, 1.54) is 4.68 Å². The number of hydrogen-bond donors (Lipinski definition) is 1. The molecule has 2 aromatic rings. The number of rotatable bonds is 3. The van der Waals surface area contributed by atoms with E-state index >= 15 is 0 Å². The fourth-order valence-corrected chi connectivity index (χ4v) is 2.44. The third-order valence-corrected chi connectivity index (χ3v) is 4.00. The molecular weight excluding hydrogens is 308 g/mol. The first-order valence-electron chi connectivity index (χ1n) is 5.92. The Balaban J connectivity index is 2.52. The molecule has 19 heavy (non-hydrogen) atoms. The first-order chi connectivity index (χ1) is 8.90. The highest BCUT2D eigenvalue weighted by Crippen LogP contribution is 2.29. The van der Waals surface area contributed by atoms with Gasteiger partial charge in [0.1, 0.15) is 6.54 Å². The van der Waals surface area contributed by atoms with E-state index < -0.39 is 5.97 Å². The molecule has 1 aromatic heterocycles. The molecule has 0 aliphatic rings.